The van der Waals surface area contributed by atoms with Crippen LogP contribution in [0.5, 0.6) is 5.75 Å². The van der Waals surface area contributed by atoms with Crippen LogP contribution < -0.4 is 4.74 Å². The largest absolute Gasteiger partial charge is 0.493 e. The summed E-state index contributed by atoms with van der Waals surface area (Å²) in [4.78, 5) is 0. The lowest BCUT2D eigenvalue weighted by Gasteiger charge is -2.31. The Kier molecular flexibility index (Phi) is 6.77. The van der Waals surface area contributed by atoms with E-state index >= 15 is 0 Å². The molecule has 0 aromatic heterocycles. The molecule has 0 amide bonds. The first-order valence-corrected chi connectivity index (χ1v) is 8.04. The Balaban J connectivity index is 2.69. The molecule has 0 N–H and O–H groups in total. The van der Waals surface area contributed by atoms with Crippen LogP contribution in [0, 0.1) is 12.3 Å². The molecule has 18 heavy (non-hydrogen) atoms. The second kappa shape index (κ2) is 7.83. The lowest BCUT2D eigenvalue weighted by atomic mass is 9.82. The van der Waals surface area contributed by atoms with Crippen LogP contribution in [0.4, 0.5) is 0 Å². The van der Waals surface area contributed by atoms with Crippen LogP contribution in [0.2, 0.25) is 0 Å². The highest BCUT2D eigenvalue weighted by Crippen LogP contribution is 2.33. The maximum atomic E-state index is 6.07. The second-order valence-corrected chi connectivity index (χ2v) is 5.75. The topological polar surface area (TPSA) is 9.23 Å². The lowest BCUT2D eigenvalue weighted by Crippen LogP contribution is -2.30. The van der Waals surface area contributed by atoms with Gasteiger partial charge in [0.25, 0.3) is 0 Å². The van der Waals surface area contributed by atoms with Crippen molar-refractivity contribution >= 4 is 15.9 Å². The van der Waals surface area contributed by atoms with Crippen LogP contribution in [0.1, 0.15) is 45.1 Å². The second-order valence-electron chi connectivity index (χ2n) is 5.19. The zero-order valence-electron chi connectivity index (χ0n) is 11.8. The van der Waals surface area contributed by atoms with Crippen molar-refractivity contribution in [2.24, 2.45) is 5.41 Å². The van der Waals surface area contributed by atoms with E-state index in [1.807, 2.05) is 6.07 Å². The van der Waals surface area contributed by atoms with Crippen molar-refractivity contribution in [3.63, 3.8) is 0 Å². The fraction of sp³-hybridized carbons (Fsp3) is 0.625. The predicted molar refractivity (Wildman–Crippen MR) is 82.7 cm³/mol. The predicted octanol–water partition coefficient (Wildman–Crippen LogP) is 5.36. The first-order valence-electron chi connectivity index (χ1n) is 6.92. The zero-order valence-corrected chi connectivity index (χ0v) is 13.4. The fourth-order valence-electron chi connectivity index (χ4n) is 2.45. The minimum absolute atomic E-state index is 0.284. The Hall–Kier alpha value is -0.500. The molecule has 0 saturated heterocycles. The highest BCUT2D eigenvalue weighted by atomic mass is 79.9. The van der Waals surface area contributed by atoms with Gasteiger partial charge in [0, 0.05) is 10.7 Å². The molecule has 0 aliphatic carbocycles. The van der Waals surface area contributed by atoms with E-state index in [-0.39, 0.29) is 5.41 Å². The summed E-state index contributed by atoms with van der Waals surface area (Å²) in [5, 5.41) is 1.02. The van der Waals surface area contributed by atoms with E-state index in [1.54, 1.807) is 0 Å². The van der Waals surface area contributed by atoms with Gasteiger partial charge in [0.1, 0.15) is 5.75 Å². The van der Waals surface area contributed by atoms with E-state index in [9.17, 15) is 0 Å². The third-order valence-corrected chi connectivity index (χ3v) is 4.66. The molecule has 2 heteroatoms. The number of para-hydroxylation sites is 1. The number of aryl methyl sites for hydroxylation is 1. The van der Waals surface area contributed by atoms with Gasteiger partial charge >= 0.3 is 0 Å². The summed E-state index contributed by atoms with van der Waals surface area (Å²) < 4.78 is 6.07. The summed E-state index contributed by atoms with van der Waals surface area (Å²) in [6, 6.07) is 8.26. The zero-order chi connectivity index (χ0) is 13.4. The van der Waals surface area contributed by atoms with Crippen molar-refractivity contribution in [3.05, 3.63) is 29.8 Å². The van der Waals surface area contributed by atoms with Gasteiger partial charge in [0.05, 0.1) is 6.61 Å². The van der Waals surface area contributed by atoms with Crippen molar-refractivity contribution in [2.75, 3.05) is 11.9 Å². The molecule has 0 atom stereocenters. The molecule has 0 radical (unpaired) electrons. The van der Waals surface area contributed by atoms with E-state index in [0.717, 1.165) is 17.7 Å². The maximum absolute atomic E-state index is 6.07. The molecule has 0 spiro atoms. The molecule has 0 bridgehead atoms. The third kappa shape index (κ3) is 4.31. The van der Waals surface area contributed by atoms with Gasteiger partial charge in [0.2, 0.25) is 0 Å². The SMILES string of the molecule is CCCC(CBr)(CCC)COc1ccccc1C. The fourth-order valence-corrected chi connectivity index (χ4v) is 3.17. The highest BCUT2D eigenvalue weighted by molar-refractivity contribution is 9.09. The Morgan fingerprint density at radius 3 is 2.22 bits per heavy atom. The quantitative estimate of drug-likeness (QED) is 0.587. The summed E-state index contributed by atoms with van der Waals surface area (Å²) in [5.41, 5.74) is 1.50. The Morgan fingerprint density at radius 1 is 1.11 bits per heavy atom. The van der Waals surface area contributed by atoms with Crippen molar-refractivity contribution in [1.82, 2.24) is 0 Å². The number of hydrogen-bond donors (Lipinski definition) is 0. The van der Waals surface area contributed by atoms with Gasteiger partial charge in [-0.05, 0) is 31.4 Å². The average molecular weight is 313 g/mol. The number of ether oxygens (including phenoxy) is 1. The summed E-state index contributed by atoms with van der Waals surface area (Å²) in [6.45, 7) is 7.41. The van der Waals surface area contributed by atoms with Gasteiger partial charge in [0.15, 0.2) is 0 Å². The van der Waals surface area contributed by atoms with Crippen molar-refractivity contribution in [2.45, 2.75) is 46.5 Å². The van der Waals surface area contributed by atoms with Gasteiger partial charge in [-0.25, -0.2) is 0 Å². The summed E-state index contributed by atoms with van der Waals surface area (Å²) in [6.07, 6.45) is 4.86. The van der Waals surface area contributed by atoms with Gasteiger partial charge in [-0.3, -0.25) is 0 Å². The number of rotatable bonds is 8. The van der Waals surface area contributed by atoms with Crippen molar-refractivity contribution in [1.29, 1.82) is 0 Å². The molecule has 1 aromatic rings. The van der Waals surface area contributed by atoms with E-state index in [0.29, 0.717) is 0 Å². The molecule has 0 aliphatic heterocycles. The lowest BCUT2D eigenvalue weighted by molar-refractivity contribution is 0.144. The monoisotopic (exact) mass is 312 g/mol. The molecule has 0 aliphatic rings. The standard InChI is InChI=1S/C16H25BrO/c1-4-10-16(12-17,11-5-2)13-18-15-9-7-6-8-14(15)3/h6-9H,4-5,10-13H2,1-3H3. The normalized spacial score (nSPS) is 11.6. The molecule has 102 valence electrons. The van der Waals surface area contributed by atoms with E-state index in [1.165, 1.54) is 31.2 Å². The molecule has 1 aromatic carbocycles. The smallest absolute Gasteiger partial charge is 0.122 e. The summed E-state index contributed by atoms with van der Waals surface area (Å²) in [5.74, 6) is 1.02. The maximum Gasteiger partial charge on any atom is 0.122 e. The number of halogens is 1. The Bertz CT molecular complexity index is 343. The minimum atomic E-state index is 0.284. The van der Waals surface area contributed by atoms with Gasteiger partial charge in [-0.1, -0.05) is 60.8 Å². The van der Waals surface area contributed by atoms with Crippen LogP contribution >= 0.6 is 15.9 Å². The van der Waals surface area contributed by atoms with Crippen molar-refractivity contribution < 1.29 is 4.74 Å². The van der Waals surface area contributed by atoms with Gasteiger partial charge < -0.3 is 4.74 Å². The average Bonchev–Trinajstić information content (AvgIpc) is 2.38. The van der Waals surface area contributed by atoms with Gasteiger partial charge in [-0.2, -0.15) is 0 Å². The first kappa shape index (κ1) is 15.6. The first-order chi connectivity index (χ1) is 8.67. The van der Waals surface area contributed by atoms with Crippen LogP contribution in [0.25, 0.3) is 0 Å². The number of benzene rings is 1. The van der Waals surface area contributed by atoms with Gasteiger partial charge in [-0.15, -0.1) is 0 Å². The molecule has 0 saturated carbocycles. The molecule has 1 nitrogen and oxygen atoms in total. The van der Waals surface area contributed by atoms with E-state index in [4.69, 9.17) is 4.74 Å². The summed E-state index contributed by atoms with van der Waals surface area (Å²) in [7, 11) is 0. The highest BCUT2D eigenvalue weighted by Gasteiger charge is 2.28. The van der Waals surface area contributed by atoms with Crippen LogP contribution in [-0.4, -0.2) is 11.9 Å². The molecule has 0 fully saturated rings. The van der Waals surface area contributed by atoms with E-state index < -0.39 is 0 Å². The summed E-state index contributed by atoms with van der Waals surface area (Å²) >= 11 is 3.69. The Morgan fingerprint density at radius 2 is 1.72 bits per heavy atom. The van der Waals surface area contributed by atoms with Crippen LogP contribution in [0.15, 0.2) is 24.3 Å². The van der Waals surface area contributed by atoms with Crippen molar-refractivity contribution in [3.8, 4) is 5.75 Å². The number of hydrogen-bond acceptors (Lipinski definition) is 1. The Labute approximate surface area is 120 Å². The molecule has 0 unspecified atom stereocenters. The molecular weight excluding hydrogens is 288 g/mol. The molecule has 1 rings (SSSR count). The number of alkyl halides is 1. The van der Waals surface area contributed by atoms with E-state index in [2.05, 4.69) is 54.9 Å². The van der Waals surface area contributed by atoms with Crippen LogP contribution in [0.3, 0.4) is 0 Å². The molecular formula is C16H25BrO. The minimum Gasteiger partial charge on any atom is -0.493 e. The molecule has 0 heterocycles. The van der Waals surface area contributed by atoms with Crippen LogP contribution in [-0.2, 0) is 0 Å². The third-order valence-electron chi connectivity index (χ3n) is 3.47.